The summed E-state index contributed by atoms with van der Waals surface area (Å²) in [5.74, 6) is 0.311. The summed E-state index contributed by atoms with van der Waals surface area (Å²) >= 11 is 0. The van der Waals surface area contributed by atoms with Crippen LogP contribution in [-0.2, 0) is 9.53 Å². The lowest BCUT2D eigenvalue weighted by molar-refractivity contribution is -0.136. The summed E-state index contributed by atoms with van der Waals surface area (Å²) < 4.78 is 5.62. The largest absolute Gasteiger partial charge is 0.378 e. The molecule has 0 saturated carbocycles. The number of ether oxygens (including phenoxy) is 1. The van der Waals surface area contributed by atoms with Gasteiger partial charge in [-0.2, -0.15) is 0 Å². The fourth-order valence-electron chi connectivity index (χ4n) is 4.49. The van der Waals surface area contributed by atoms with E-state index < -0.39 is 0 Å². The van der Waals surface area contributed by atoms with E-state index in [-0.39, 0.29) is 6.10 Å². The van der Waals surface area contributed by atoms with Crippen molar-refractivity contribution in [1.82, 2.24) is 9.80 Å². The van der Waals surface area contributed by atoms with Crippen LogP contribution in [0.1, 0.15) is 58.8 Å². The maximum absolute atomic E-state index is 12.5. The summed E-state index contributed by atoms with van der Waals surface area (Å²) in [6.45, 7) is 7.40. The monoisotopic (exact) mass is 294 g/mol. The highest BCUT2D eigenvalue weighted by molar-refractivity contribution is 5.76. The Morgan fingerprint density at radius 1 is 1.10 bits per heavy atom. The van der Waals surface area contributed by atoms with Gasteiger partial charge >= 0.3 is 0 Å². The van der Waals surface area contributed by atoms with Gasteiger partial charge in [0.15, 0.2) is 0 Å². The van der Waals surface area contributed by atoms with Crippen molar-refractivity contribution in [2.75, 3.05) is 19.7 Å². The highest BCUT2D eigenvalue weighted by Crippen LogP contribution is 2.30. The van der Waals surface area contributed by atoms with E-state index in [0.717, 1.165) is 39.0 Å². The minimum atomic E-state index is 0.183. The van der Waals surface area contributed by atoms with Gasteiger partial charge in [0.05, 0.1) is 12.5 Å². The van der Waals surface area contributed by atoms with E-state index in [9.17, 15) is 4.79 Å². The molecule has 0 radical (unpaired) electrons. The van der Waals surface area contributed by atoms with Crippen molar-refractivity contribution in [2.45, 2.75) is 83.0 Å². The van der Waals surface area contributed by atoms with Crippen LogP contribution in [0.15, 0.2) is 0 Å². The molecule has 0 aliphatic carbocycles. The quantitative estimate of drug-likeness (QED) is 0.801. The number of hydrogen-bond acceptors (Lipinski definition) is 3. The molecule has 0 aromatic rings. The van der Waals surface area contributed by atoms with Crippen molar-refractivity contribution in [2.24, 2.45) is 0 Å². The van der Waals surface area contributed by atoms with Gasteiger partial charge in [-0.15, -0.1) is 0 Å². The normalized spacial score (nSPS) is 38.1. The minimum Gasteiger partial charge on any atom is -0.378 e. The topological polar surface area (TPSA) is 32.8 Å². The second kappa shape index (κ2) is 6.66. The molecule has 3 fully saturated rings. The highest BCUT2D eigenvalue weighted by Gasteiger charge is 2.36. The lowest BCUT2D eigenvalue weighted by Crippen LogP contribution is -2.52. The fraction of sp³-hybridized carbons (Fsp3) is 0.941. The van der Waals surface area contributed by atoms with Gasteiger partial charge in [-0.05, 0) is 52.4 Å². The van der Waals surface area contributed by atoms with Gasteiger partial charge in [-0.1, -0.05) is 0 Å². The molecule has 3 rings (SSSR count). The molecule has 0 N–H and O–H groups in total. The first-order chi connectivity index (χ1) is 10.1. The Kier molecular flexibility index (Phi) is 4.85. The van der Waals surface area contributed by atoms with E-state index in [1.54, 1.807) is 0 Å². The number of likely N-dealkylation sites (tertiary alicyclic amines) is 2. The Bertz CT molecular complexity index is 358. The van der Waals surface area contributed by atoms with Crippen LogP contribution in [0.4, 0.5) is 0 Å². The third kappa shape index (κ3) is 3.42. The maximum atomic E-state index is 12.5. The number of rotatable bonds is 3. The van der Waals surface area contributed by atoms with Crippen LogP contribution in [-0.4, -0.2) is 59.6 Å². The predicted molar refractivity (Wildman–Crippen MR) is 83.2 cm³/mol. The second-order valence-electron chi connectivity index (χ2n) is 7.20. The zero-order valence-electron chi connectivity index (χ0n) is 13.6. The molecule has 4 nitrogen and oxygen atoms in total. The smallest absolute Gasteiger partial charge is 0.225 e. The van der Waals surface area contributed by atoms with E-state index in [1.807, 2.05) is 0 Å². The van der Waals surface area contributed by atoms with E-state index in [0.29, 0.717) is 30.5 Å². The molecule has 0 spiro atoms. The lowest BCUT2D eigenvalue weighted by Gasteiger charge is -2.41. The molecule has 21 heavy (non-hydrogen) atoms. The van der Waals surface area contributed by atoms with Crippen molar-refractivity contribution >= 4 is 5.91 Å². The Balaban J connectivity index is 1.56. The van der Waals surface area contributed by atoms with Gasteiger partial charge in [-0.3, -0.25) is 9.69 Å². The van der Waals surface area contributed by atoms with Gasteiger partial charge in [0.1, 0.15) is 0 Å². The van der Waals surface area contributed by atoms with Crippen LogP contribution in [0.3, 0.4) is 0 Å². The molecule has 4 unspecified atom stereocenters. The third-order valence-corrected chi connectivity index (χ3v) is 5.62. The molecule has 3 heterocycles. The van der Waals surface area contributed by atoms with Gasteiger partial charge in [0, 0.05) is 37.8 Å². The zero-order chi connectivity index (χ0) is 14.8. The molecule has 0 aromatic carbocycles. The SMILES string of the molecule is CC1CCC(C)N1C1CCCN(C(=O)CC2CCCO2)C1. The van der Waals surface area contributed by atoms with Crippen molar-refractivity contribution in [3.63, 3.8) is 0 Å². The van der Waals surface area contributed by atoms with Crippen molar-refractivity contribution in [1.29, 1.82) is 0 Å². The molecule has 1 amide bonds. The van der Waals surface area contributed by atoms with E-state index in [4.69, 9.17) is 4.74 Å². The third-order valence-electron chi connectivity index (χ3n) is 5.62. The van der Waals surface area contributed by atoms with Gasteiger partial charge in [-0.25, -0.2) is 0 Å². The molecule has 3 saturated heterocycles. The zero-order valence-corrected chi connectivity index (χ0v) is 13.6. The summed E-state index contributed by atoms with van der Waals surface area (Å²) in [6.07, 6.45) is 7.96. The first-order valence-corrected chi connectivity index (χ1v) is 8.82. The number of nitrogens with zero attached hydrogens (tertiary/aromatic N) is 2. The van der Waals surface area contributed by atoms with Gasteiger partial charge in [0.25, 0.3) is 0 Å². The average molecular weight is 294 g/mol. The summed E-state index contributed by atoms with van der Waals surface area (Å²) in [4.78, 5) is 17.3. The average Bonchev–Trinajstić information content (AvgIpc) is 3.09. The number of amides is 1. The van der Waals surface area contributed by atoms with Gasteiger partial charge in [0.2, 0.25) is 5.91 Å². The van der Waals surface area contributed by atoms with E-state index in [1.165, 1.54) is 19.3 Å². The first-order valence-electron chi connectivity index (χ1n) is 8.82. The van der Waals surface area contributed by atoms with E-state index >= 15 is 0 Å². The summed E-state index contributed by atoms with van der Waals surface area (Å²) in [5, 5.41) is 0. The number of piperidine rings is 1. The summed E-state index contributed by atoms with van der Waals surface area (Å²) in [6, 6.07) is 1.93. The van der Waals surface area contributed by atoms with Crippen LogP contribution in [0.2, 0.25) is 0 Å². The Morgan fingerprint density at radius 3 is 2.52 bits per heavy atom. The predicted octanol–water partition coefficient (Wildman–Crippen LogP) is 2.42. The number of carbonyl (C=O) groups excluding carboxylic acids is 1. The Morgan fingerprint density at radius 2 is 1.86 bits per heavy atom. The number of carbonyl (C=O) groups is 1. The fourth-order valence-corrected chi connectivity index (χ4v) is 4.49. The van der Waals surface area contributed by atoms with Crippen LogP contribution in [0, 0.1) is 0 Å². The van der Waals surface area contributed by atoms with Crippen LogP contribution < -0.4 is 0 Å². The first kappa shape index (κ1) is 15.3. The molecule has 3 aliphatic rings. The minimum absolute atomic E-state index is 0.183. The molecule has 120 valence electrons. The Hall–Kier alpha value is -0.610. The van der Waals surface area contributed by atoms with Crippen molar-refractivity contribution < 1.29 is 9.53 Å². The summed E-state index contributed by atoms with van der Waals surface area (Å²) in [7, 11) is 0. The standard InChI is InChI=1S/C17H30N2O2/c1-13-7-8-14(2)19(13)15-5-3-9-18(12-15)17(20)11-16-6-4-10-21-16/h13-16H,3-12H2,1-2H3. The van der Waals surface area contributed by atoms with Crippen molar-refractivity contribution in [3.05, 3.63) is 0 Å². The van der Waals surface area contributed by atoms with Crippen LogP contribution in [0.5, 0.6) is 0 Å². The molecule has 0 bridgehead atoms. The highest BCUT2D eigenvalue weighted by atomic mass is 16.5. The molecule has 4 atom stereocenters. The number of hydrogen-bond donors (Lipinski definition) is 0. The van der Waals surface area contributed by atoms with Gasteiger partial charge < -0.3 is 9.64 Å². The molecule has 0 aromatic heterocycles. The second-order valence-corrected chi connectivity index (χ2v) is 7.20. The molecule has 4 heteroatoms. The molecular formula is C17H30N2O2. The van der Waals surface area contributed by atoms with E-state index in [2.05, 4.69) is 23.6 Å². The molecule has 3 aliphatic heterocycles. The lowest BCUT2D eigenvalue weighted by atomic mass is 10.0. The molecular weight excluding hydrogens is 264 g/mol. The van der Waals surface area contributed by atoms with Crippen LogP contribution >= 0.6 is 0 Å². The Labute approximate surface area is 128 Å². The summed E-state index contributed by atoms with van der Waals surface area (Å²) in [5.41, 5.74) is 0. The van der Waals surface area contributed by atoms with Crippen LogP contribution in [0.25, 0.3) is 0 Å². The maximum Gasteiger partial charge on any atom is 0.225 e. The van der Waals surface area contributed by atoms with Crippen molar-refractivity contribution in [3.8, 4) is 0 Å².